The predicted octanol–water partition coefficient (Wildman–Crippen LogP) is 2.96. The first-order valence-corrected chi connectivity index (χ1v) is 9.76. The fourth-order valence-electron chi connectivity index (χ4n) is 3.22. The van der Waals surface area contributed by atoms with Crippen LogP contribution in [0.4, 0.5) is 11.5 Å². The SMILES string of the molecule is CCCN(CC1CC1)c1cc(C(=O)Nc2cccc(-[n+]3cc[nH]c3)c2)ncn1. The quantitative estimate of drug-likeness (QED) is 0.592. The highest BCUT2D eigenvalue weighted by molar-refractivity contribution is 6.03. The fourth-order valence-corrected chi connectivity index (χ4v) is 3.22. The van der Waals surface area contributed by atoms with E-state index in [2.05, 4.69) is 32.1 Å². The maximum atomic E-state index is 12.7. The van der Waals surface area contributed by atoms with Crippen molar-refractivity contribution in [2.24, 2.45) is 5.92 Å². The average Bonchev–Trinajstić information content (AvgIpc) is 3.37. The molecular formula is C21H25N6O+. The van der Waals surface area contributed by atoms with Crippen LogP contribution in [-0.2, 0) is 0 Å². The molecule has 7 heteroatoms. The van der Waals surface area contributed by atoms with Gasteiger partial charge in [-0.1, -0.05) is 13.0 Å². The Morgan fingerprint density at radius 3 is 2.96 bits per heavy atom. The molecule has 28 heavy (non-hydrogen) atoms. The highest BCUT2D eigenvalue weighted by Gasteiger charge is 2.25. The second kappa shape index (κ2) is 8.21. The van der Waals surface area contributed by atoms with Gasteiger partial charge in [-0.05, 0) is 37.3 Å². The Kier molecular flexibility index (Phi) is 5.32. The van der Waals surface area contributed by atoms with Crippen molar-refractivity contribution in [2.45, 2.75) is 26.2 Å². The molecule has 1 amide bonds. The first-order valence-electron chi connectivity index (χ1n) is 9.76. The summed E-state index contributed by atoms with van der Waals surface area (Å²) < 4.78 is 1.94. The standard InChI is InChI=1S/C21H24N6O/c1-2-9-26(13-16-6-7-16)20-12-19(23-14-24-20)21(28)25-17-4-3-5-18(11-17)27-10-8-22-15-27/h3-5,8,10-12,14-16H,2,6-7,9,13H2,1H3,(H,25,28)/p+1. The molecule has 0 saturated heterocycles. The van der Waals surface area contributed by atoms with Gasteiger partial charge in [0.1, 0.15) is 35.9 Å². The third kappa shape index (κ3) is 4.36. The fraction of sp³-hybridized carbons (Fsp3) is 0.333. The van der Waals surface area contributed by atoms with E-state index >= 15 is 0 Å². The molecule has 2 aromatic heterocycles. The maximum absolute atomic E-state index is 12.7. The second-order valence-electron chi connectivity index (χ2n) is 7.17. The van der Waals surface area contributed by atoms with E-state index in [0.29, 0.717) is 5.69 Å². The normalized spacial score (nSPS) is 13.3. The number of carbonyl (C=O) groups excluding carboxylic acids is 1. The number of hydrogen-bond donors (Lipinski definition) is 2. The summed E-state index contributed by atoms with van der Waals surface area (Å²) in [5, 5.41) is 2.94. The van der Waals surface area contributed by atoms with E-state index in [1.807, 2.05) is 47.6 Å². The molecule has 0 unspecified atom stereocenters. The van der Waals surface area contributed by atoms with E-state index in [0.717, 1.165) is 42.6 Å². The summed E-state index contributed by atoms with van der Waals surface area (Å²) in [5.41, 5.74) is 2.06. The third-order valence-electron chi connectivity index (χ3n) is 4.83. The molecule has 0 atom stereocenters. The molecule has 4 rings (SSSR count). The predicted molar refractivity (Wildman–Crippen MR) is 108 cm³/mol. The van der Waals surface area contributed by atoms with Gasteiger partial charge in [-0.15, -0.1) is 0 Å². The minimum absolute atomic E-state index is 0.234. The molecule has 7 nitrogen and oxygen atoms in total. The minimum Gasteiger partial charge on any atom is -0.356 e. The van der Waals surface area contributed by atoms with Crippen molar-refractivity contribution in [2.75, 3.05) is 23.3 Å². The van der Waals surface area contributed by atoms with Crippen molar-refractivity contribution in [3.8, 4) is 5.69 Å². The van der Waals surface area contributed by atoms with Gasteiger partial charge in [0.15, 0.2) is 0 Å². The van der Waals surface area contributed by atoms with Crippen LogP contribution >= 0.6 is 0 Å². The first kappa shape index (κ1) is 18.2. The Bertz CT molecular complexity index is 936. The zero-order valence-electron chi connectivity index (χ0n) is 16.0. The van der Waals surface area contributed by atoms with Gasteiger partial charge in [0.25, 0.3) is 5.91 Å². The Balaban J connectivity index is 1.50. The molecule has 0 spiro atoms. The number of aromatic amines is 1. The average molecular weight is 377 g/mol. The van der Waals surface area contributed by atoms with Crippen molar-refractivity contribution in [1.29, 1.82) is 0 Å². The lowest BCUT2D eigenvalue weighted by atomic mass is 10.2. The monoisotopic (exact) mass is 377 g/mol. The van der Waals surface area contributed by atoms with Crippen LogP contribution in [0.15, 0.2) is 55.4 Å². The molecule has 144 valence electrons. The van der Waals surface area contributed by atoms with Crippen LogP contribution in [-0.4, -0.2) is 33.9 Å². The molecule has 0 aliphatic heterocycles. The van der Waals surface area contributed by atoms with Crippen LogP contribution in [0.5, 0.6) is 0 Å². The zero-order chi connectivity index (χ0) is 19.3. The van der Waals surface area contributed by atoms with Gasteiger partial charge in [0, 0.05) is 30.9 Å². The Morgan fingerprint density at radius 1 is 1.32 bits per heavy atom. The van der Waals surface area contributed by atoms with Gasteiger partial charge in [0.2, 0.25) is 6.33 Å². The summed E-state index contributed by atoms with van der Waals surface area (Å²) in [7, 11) is 0. The zero-order valence-corrected chi connectivity index (χ0v) is 16.0. The highest BCUT2D eigenvalue weighted by atomic mass is 16.1. The number of carbonyl (C=O) groups is 1. The second-order valence-corrected chi connectivity index (χ2v) is 7.17. The van der Waals surface area contributed by atoms with E-state index in [1.54, 1.807) is 6.07 Å². The molecule has 1 aliphatic rings. The molecular weight excluding hydrogens is 352 g/mol. The molecule has 0 bridgehead atoms. The first-order chi connectivity index (χ1) is 13.7. The summed E-state index contributed by atoms with van der Waals surface area (Å²) >= 11 is 0. The van der Waals surface area contributed by atoms with E-state index in [9.17, 15) is 4.79 Å². The van der Waals surface area contributed by atoms with Gasteiger partial charge in [0.05, 0.1) is 0 Å². The number of nitrogens with zero attached hydrogens (tertiary/aromatic N) is 4. The summed E-state index contributed by atoms with van der Waals surface area (Å²) in [6.07, 6.45) is 10.7. The topological polar surface area (TPSA) is 77.8 Å². The van der Waals surface area contributed by atoms with Gasteiger partial charge >= 0.3 is 0 Å². The highest BCUT2D eigenvalue weighted by Crippen LogP contribution is 2.31. The molecule has 0 radical (unpaired) electrons. The maximum Gasteiger partial charge on any atom is 0.274 e. The summed E-state index contributed by atoms with van der Waals surface area (Å²) in [6.45, 7) is 4.09. The molecule has 1 fully saturated rings. The summed E-state index contributed by atoms with van der Waals surface area (Å²) in [4.78, 5) is 26.6. The largest absolute Gasteiger partial charge is 0.356 e. The number of anilines is 2. The number of rotatable bonds is 8. The minimum atomic E-state index is -0.234. The van der Waals surface area contributed by atoms with Crippen LogP contribution in [0.2, 0.25) is 0 Å². The third-order valence-corrected chi connectivity index (χ3v) is 4.83. The van der Waals surface area contributed by atoms with Crippen LogP contribution < -0.4 is 14.8 Å². The number of hydrogen-bond acceptors (Lipinski definition) is 4. The van der Waals surface area contributed by atoms with E-state index < -0.39 is 0 Å². The van der Waals surface area contributed by atoms with Crippen LogP contribution in [0.25, 0.3) is 5.69 Å². The number of nitrogens with one attached hydrogen (secondary N) is 2. The van der Waals surface area contributed by atoms with Crippen LogP contribution in [0, 0.1) is 5.92 Å². The van der Waals surface area contributed by atoms with Gasteiger partial charge in [-0.3, -0.25) is 4.79 Å². The molecule has 1 saturated carbocycles. The van der Waals surface area contributed by atoms with Gasteiger partial charge in [-0.25, -0.2) is 19.5 Å². The number of aromatic nitrogens is 4. The van der Waals surface area contributed by atoms with E-state index in [-0.39, 0.29) is 5.91 Å². The Labute approximate surface area is 164 Å². The summed E-state index contributed by atoms with van der Waals surface area (Å²) in [5.74, 6) is 1.35. The van der Waals surface area contributed by atoms with Crippen molar-refractivity contribution in [3.63, 3.8) is 0 Å². The van der Waals surface area contributed by atoms with Crippen molar-refractivity contribution in [3.05, 3.63) is 61.1 Å². The smallest absolute Gasteiger partial charge is 0.274 e. The molecule has 2 N–H and O–H groups in total. The summed E-state index contributed by atoms with van der Waals surface area (Å²) in [6, 6.07) is 9.47. The number of imidazole rings is 1. The Hall–Kier alpha value is -3.22. The van der Waals surface area contributed by atoms with E-state index in [4.69, 9.17) is 0 Å². The number of benzene rings is 1. The van der Waals surface area contributed by atoms with Gasteiger partial charge in [-0.2, -0.15) is 0 Å². The Morgan fingerprint density at radius 2 is 2.21 bits per heavy atom. The van der Waals surface area contributed by atoms with Crippen molar-refractivity contribution in [1.82, 2.24) is 15.0 Å². The van der Waals surface area contributed by atoms with Crippen LogP contribution in [0.3, 0.4) is 0 Å². The van der Waals surface area contributed by atoms with Crippen molar-refractivity contribution < 1.29 is 9.36 Å². The lowest BCUT2D eigenvalue weighted by molar-refractivity contribution is -0.594. The van der Waals surface area contributed by atoms with E-state index in [1.165, 1.54) is 19.2 Å². The molecule has 2 heterocycles. The molecule has 1 aliphatic carbocycles. The van der Waals surface area contributed by atoms with Crippen molar-refractivity contribution >= 4 is 17.4 Å². The molecule has 3 aromatic rings. The van der Waals surface area contributed by atoms with Gasteiger partial charge < -0.3 is 10.2 Å². The van der Waals surface area contributed by atoms with Crippen LogP contribution in [0.1, 0.15) is 36.7 Å². The lowest BCUT2D eigenvalue weighted by Crippen LogP contribution is -2.28. The number of amides is 1. The number of H-pyrrole nitrogens is 1. The lowest BCUT2D eigenvalue weighted by Gasteiger charge is -2.23. The molecule has 1 aromatic carbocycles.